The van der Waals surface area contributed by atoms with Gasteiger partial charge >= 0.3 is 0 Å². The number of anilines is 1. The number of imidazole rings is 1. The van der Waals surface area contributed by atoms with Crippen LogP contribution in [0.15, 0.2) is 24.3 Å². The maximum atomic E-state index is 9.67. The molecular formula is C13H19N3O. The normalized spacial score (nSPS) is 13.2. The van der Waals surface area contributed by atoms with Crippen molar-refractivity contribution in [1.29, 1.82) is 0 Å². The van der Waals surface area contributed by atoms with Gasteiger partial charge in [-0.1, -0.05) is 26.0 Å². The Kier molecular flexibility index (Phi) is 3.64. The van der Waals surface area contributed by atoms with Crippen molar-refractivity contribution < 1.29 is 5.11 Å². The van der Waals surface area contributed by atoms with Crippen LogP contribution in [0.1, 0.15) is 20.3 Å². The molecule has 0 fully saturated rings. The van der Waals surface area contributed by atoms with E-state index in [0.717, 1.165) is 29.9 Å². The molecule has 3 N–H and O–H groups in total. The zero-order valence-electron chi connectivity index (χ0n) is 10.3. The van der Waals surface area contributed by atoms with E-state index >= 15 is 0 Å². The molecule has 17 heavy (non-hydrogen) atoms. The molecule has 0 unspecified atom stereocenters. The zero-order valence-corrected chi connectivity index (χ0v) is 10.3. The van der Waals surface area contributed by atoms with Crippen molar-refractivity contribution in [2.75, 3.05) is 11.9 Å². The molecule has 1 heterocycles. The van der Waals surface area contributed by atoms with Crippen LogP contribution in [-0.2, 0) is 0 Å². The van der Waals surface area contributed by atoms with Gasteiger partial charge in [0.05, 0.1) is 17.1 Å². The van der Waals surface area contributed by atoms with Crippen LogP contribution >= 0.6 is 0 Å². The van der Waals surface area contributed by atoms with E-state index in [2.05, 4.69) is 15.3 Å². The first-order valence-corrected chi connectivity index (χ1v) is 6.03. The van der Waals surface area contributed by atoms with Gasteiger partial charge in [-0.3, -0.25) is 0 Å². The Bertz CT molecular complexity index is 445. The SMILES string of the molecule is CC(C)[C@H](O)CCNc1nc2ccccc2[nH]1. The lowest BCUT2D eigenvalue weighted by Gasteiger charge is -2.13. The van der Waals surface area contributed by atoms with Crippen LogP contribution in [0, 0.1) is 5.92 Å². The quantitative estimate of drug-likeness (QED) is 0.743. The van der Waals surface area contributed by atoms with E-state index in [9.17, 15) is 5.11 Å². The van der Waals surface area contributed by atoms with Crippen molar-refractivity contribution in [1.82, 2.24) is 9.97 Å². The molecule has 0 radical (unpaired) electrons. The van der Waals surface area contributed by atoms with Crippen LogP contribution in [0.3, 0.4) is 0 Å². The number of aliphatic hydroxyl groups is 1. The minimum Gasteiger partial charge on any atom is -0.393 e. The first kappa shape index (κ1) is 11.9. The van der Waals surface area contributed by atoms with Crippen LogP contribution in [-0.4, -0.2) is 27.7 Å². The molecule has 0 aliphatic heterocycles. The summed E-state index contributed by atoms with van der Waals surface area (Å²) in [5.74, 6) is 1.06. The third-order valence-electron chi connectivity index (χ3n) is 2.89. The minimum absolute atomic E-state index is 0.258. The average Bonchev–Trinajstić information content (AvgIpc) is 2.71. The standard InChI is InChI=1S/C13H19N3O/c1-9(2)12(17)7-8-14-13-15-10-5-3-4-6-11(10)16-13/h3-6,9,12,17H,7-8H2,1-2H3,(H2,14,15,16)/t12-/m1/s1. The van der Waals surface area contributed by atoms with Crippen LogP contribution in [0.5, 0.6) is 0 Å². The van der Waals surface area contributed by atoms with Crippen LogP contribution in [0.4, 0.5) is 5.95 Å². The highest BCUT2D eigenvalue weighted by Crippen LogP contribution is 2.13. The summed E-state index contributed by atoms with van der Waals surface area (Å²) in [6.45, 7) is 4.76. The van der Waals surface area contributed by atoms with Gasteiger partial charge < -0.3 is 15.4 Å². The number of benzene rings is 1. The molecule has 4 heteroatoms. The van der Waals surface area contributed by atoms with Crippen molar-refractivity contribution >= 4 is 17.0 Å². The van der Waals surface area contributed by atoms with Crippen LogP contribution in [0.25, 0.3) is 11.0 Å². The molecule has 0 saturated carbocycles. The lowest BCUT2D eigenvalue weighted by Crippen LogP contribution is -2.19. The minimum atomic E-state index is -0.258. The highest BCUT2D eigenvalue weighted by Gasteiger charge is 2.08. The van der Waals surface area contributed by atoms with Gasteiger partial charge in [-0.25, -0.2) is 4.98 Å². The molecule has 0 aliphatic carbocycles. The summed E-state index contributed by atoms with van der Waals surface area (Å²) in [7, 11) is 0. The summed E-state index contributed by atoms with van der Waals surface area (Å²) < 4.78 is 0. The van der Waals surface area contributed by atoms with Gasteiger partial charge in [0.1, 0.15) is 0 Å². The second-order valence-corrected chi connectivity index (χ2v) is 4.63. The molecule has 0 spiro atoms. The average molecular weight is 233 g/mol. The number of para-hydroxylation sites is 2. The molecule has 92 valence electrons. The molecule has 2 aromatic rings. The number of nitrogens with one attached hydrogen (secondary N) is 2. The Morgan fingerprint density at radius 2 is 2.12 bits per heavy atom. The smallest absolute Gasteiger partial charge is 0.201 e. The van der Waals surface area contributed by atoms with Gasteiger partial charge in [0.15, 0.2) is 0 Å². The Morgan fingerprint density at radius 3 is 2.82 bits per heavy atom. The first-order chi connectivity index (χ1) is 8.16. The van der Waals surface area contributed by atoms with Gasteiger partial charge in [-0.05, 0) is 24.5 Å². The van der Waals surface area contributed by atoms with Crippen molar-refractivity contribution in [2.24, 2.45) is 5.92 Å². The number of rotatable bonds is 5. The maximum Gasteiger partial charge on any atom is 0.201 e. The molecular weight excluding hydrogens is 214 g/mol. The van der Waals surface area contributed by atoms with E-state index in [1.807, 2.05) is 38.1 Å². The fourth-order valence-electron chi connectivity index (χ4n) is 1.71. The second kappa shape index (κ2) is 5.19. The zero-order chi connectivity index (χ0) is 12.3. The van der Waals surface area contributed by atoms with Gasteiger partial charge in [0.25, 0.3) is 0 Å². The van der Waals surface area contributed by atoms with E-state index in [0.29, 0.717) is 5.92 Å². The number of fused-ring (bicyclic) bond motifs is 1. The number of nitrogens with zero attached hydrogens (tertiary/aromatic N) is 1. The predicted molar refractivity (Wildman–Crippen MR) is 70.0 cm³/mol. The van der Waals surface area contributed by atoms with Crippen LogP contribution in [0.2, 0.25) is 0 Å². The molecule has 1 aromatic carbocycles. The van der Waals surface area contributed by atoms with E-state index in [1.165, 1.54) is 0 Å². The molecule has 2 rings (SSSR count). The Hall–Kier alpha value is -1.55. The van der Waals surface area contributed by atoms with Crippen molar-refractivity contribution in [3.63, 3.8) is 0 Å². The van der Waals surface area contributed by atoms with E-state index in [1.54, 1.807) is 0 Å². The summed E-state index contributed by atoms with van der Waals surface area (Å²) >= 11 is 0. The number of aliphatic hydroxyl groups excluding tert-OH is 1. The second-order valence-electron chi connectivity index (χ2n) is 4.63. The molecule has 0 amide bonds. The summed E-state index contributed by atoms with van der Waals surface area (Å²) in [6, 6.07) is 7.92. The molecule has 1 atom stereocenters. The topological polar surface area (TPSA) is 60.9 Å². The third kappa shape index (κ3) is 2.97. The van der Waals surface area contributed by atoms with Crippen molar-refractivity contribution in [3.8, 4) is 0 Å². The largest absolute Gasteiger partial charge is 0.393 e. The Morgan fingerprint density at radius 1 is 1.35 bits per heavy atom. The summed E-state index contributed by atoms with van der Waals surface area (Å²) in [5.41, 5.74) is 1.99. The number of aromatic amines is 1. The van der Waals surface area contributed by atoms with Gasteiger partial charge in [-0.15, -0.1) is 0 Å². The van der Waals surface area contributed by atoms with Crippen molar-refractivity contribution in [2.45, 2.75) is 26.4 Å². The fourth-order valence-corrected chi connectivity index (χ4v) is 1.71. The molecule has 0 aliphatic rings. The summed E-state index contributed by atoms with van der Waals surface area (Å²) in [6.07, 6.45) is 0.473. The molecule has 1 aromatic heterocycles. The number of hydrogen-bond donors (Lipinski definition) is 3. The Balaban J connectivity index is 1.91. The molecule has 0 bridgehead atoms. The number of aromatic nitrogens is 2. The summed E-state index contributed by atoms with van der Waals surface area (Å²) in [4.78, 5) is 7.60. The van der Waals surface area contributed by atoms with E-state index in [4.69, 9.17) is 0 Å². The Labute approximate surface area is 101 Å². The maximum absolute atomic E-state index is 9.67. The van der Waals surface area contributed by atoms with Crippen molar-refractivity contribution in [3.05, 3.63) is 24.3 Å². The monoisotopic (exact) mass is 233 g/mol. The highest BCUT2D eigenvalue weighted by molar-refractivity contribution is 5.77. The lowest BCUT2D eigenvalue weighted by atomic mass is 10.0. The van der Waals surface area contributed by atoms with E-state index < -0.39 is 0 Å². The highest BCUT2D eigenvalue weighted by atomic mass is 16.3. The number of H-pyrrole nitrogens is 1. The van der Waals surface area contributed by atoms with Crippen LogP contribution < -0.4 is 5.32 Å². The molecule has 0 saturated heterocycles. The van der Waals surface area contributed by atoms with Gasteiger partial charge in [-0.2, -0.15) is 0 Å². The lowest BCUT2D eigenvalue weighted by molar-refractivity contribution is 0.120. The first-order valence-electron chi connectivity index (χ1n) is 6.03. The summed E-state index contributed by atoms with van der Waals surface area (Å²) in [5, 5.41) is 12.9. The van der Waals surface area contributed by atoms with Gasteiger partial charge in [0.2, 0.25) is 5.95 Å². The fraction of sp³-hybridized carbons (Fsp3) is 0.462. The van der Waals surface area contributed by atoms with E-state index in [-0.39, 0.29) is 6.10 Å². The predicted octanol–water partition coefficient (Wildman–Crippen LogP) is 2.38. The number of hydrogen-bond acceptors (Lipinski definition) is 3. The van der Waals surface area contributed by atoms with Gasteiger partial charge in [0, 0.05) is 6.54 Å². The molecule has 4 nitrogen and oxygen atoms in total. The third-order valence-corrected chi connectivity index (χ3v) is 2.89.